The molecule has 0 amide bonds. The van der Waals surface area contributed by atoms with Gasteiger partial charge in [-0.2, -0.15) is 0 Å². The van der Waals surface area contributed by atoms with Crippen LogP contribution in [0.4, 0.5) is 0 Å². The van der Waals surface area contributed by atoms with E-state index >= 15 is 0 Å². The van der Waals surface area contributed by atoms with Crippen molar-refractivity contribution in [3.63, 3.8) is 0 Å². The molecule has 3 fully saturated rings. The minimum Gasteiger partial charge on any atom is -0.299 e. The molecule has 0 saturated carbocycles. The van der Waals surface area contributed by atoms with Gasteiger partial charge in [0.1, 0.15) is 0 Å². The molecule has 3 aliphatic rings. The van der Waals surface area contributed by atoms with Crippen molar-refractivity contribution in [3.05, 3.63) is 22.4 Å². The van der Waals surface area contributed by atoms with Gasteiger partial charge in [-0.05, 0) is 11.4 Å². The highest BCUT2D eigenvalue weighted by Crippen LogP contribution is 2.19. The third-order valence-electron chi connectivity index (χ3n) is 3.58. The molecule has 1 atom stereocenters. The molecular weight excluding hydrogens is 220 g/mol. The van der Waals surface area contributed by atoms with Crippen LogP contribution >= 0.6 is 11.3 Å². The molecule has 3 saturated heterocycles. The molecule has 4 heteroatoms. The van der Waals surface area contributed by atoms with Crippen molar-refractivity contribution < 1.29 is 4.79 Å². The van der Waals surface area contributed by atoms with E-state index in [0.29, 0.717) is 12.2 Å². The summed E-state index contributed by atoms with van der Waals surface area (Å²) >= 11 is 1.68. The second kappa shape index (κ2) is 4.28. The minimum atomic E-state index is 0.157. The molecule has 1 aromatic rings. The molecule has 86 valence electrons. The van der Waals surface area contributed by atoms with Crippen molar-refractivity contribution in [1.82, 2.24) is 9.80 Å². The zero-order valence-corrected chi connectivity index (χ0v) is 10.1. The molecule has 2 bridgehead atoms. The Bertz CT molecular complexity index is 368. The van der Waals surface area contributed by atoms with Crippen LogP contribution in [-0.4, -0.2) is 54.3 Å². The Balaban J connectivity index is 1.67. The molecule has 0 aromatic carbocycles. The van der Waals surface area contributed by atoms with Gasteiger partial charge in [0.2, 0.25) is 0 Å². The number of nitrogens with zero attached hydrogens (tertiary/aromatic N) is 2. The predicted molar refractivity (Wildman–Crippen MR) is 64.8 cm³/mol. The summed E-state index contributed by atoms with van der Waals surface area (Å²) in [4.78, 5) is 18.2. The highest BCUT2D eigenvalue weighted by Gasteiger charge is 2.35. The SMILES string of the molecule is O=C(Cc1cccs1)C1CN2CCN1CC2. The number of ketones is 1. The van der Waals surface area contributed by atoms with Gasteiger partial charge in [0.05, 0.1) is 6.04 Å². The first-order valence-electron chi connectivity index (χ1n) is 5.84. The van der Waals surface area contributed by atoms with Gasteiger partial charge in [-0.15, -0.1) is 11.3 Å². The summed E-state index contributed by atoms with van der Waals surface area (Å²) in [5, 5.41) is 2.04. The Morgan fingerprint density at radius 3 is 2.75 bits per heavy atom. The number of hydrogen-bond donors (Lipinski definition) is 0. The number of fused-ring (bicyclic) bond motifs is 3. The van der Waals surface area contributed by atoms with E-state index in [9.17, 15) is 4.79 Å². The third-order valence-corrected chi connectivity index (χ3v) is 4.46. The Morgan fingerprint density at radius 2 is 2.19 bits per heavy atom. The number of Topliss-reactive ketones (excluding diaryl/α,β-unsaturated/α-hetero) is 1. The monoisotopic (exact) mass is 236 g/mol. The molecule has 0 aliphatic carbocycles. The molecule has 3 aliphatic heterocycles. The fourth-order valence-electron chi connectivity index (χ4n) is 2.63. The van der Waals surface area contributed by atoms with Crippen molar-refractivity contribution in [2.24, 2.45) is 0 Å². The fourth-order valence-corrected chi connectivity index (χ4v) is 3.34. The summed E-state index contributed by atoms with van der Waals surface area (Å²) in [6, 6.07) is 4.23. The first-order chi connectivity index (χ1) is 7.83. The van der Waals surface area contributed by atoms with Gasteiger partial charge in [-0.3, -0.25) is 14.6 Å². The van der Waals surface area contributed by atoms with E-state index in [1.165, 1.54) is 4.88 Å². The molecular formula is C12H16N2OS. The maximum atomic E-state index is 12.2. The van der Waals surface area contributed by atoms with E-state index in [2.05, 4.69) is 15.9 Å². The van der Waals surface area contributed by atoms with E-state index in [0.717, 1.165) is 32.7 Å². The number of piperazine rings is 3. The summed E-state index contributed by atoms with van der Waals surface area (Å²) in [7, 11) is 0. The smallest absolute Gasteiger partial charge is 0.156 e. The molecule has 16 heavy (non-hydrogen) atoms. The van der Waals surface area contributed by atoms with Crippen LogP contribution in [0.3, 0.4) is 0 Å². The molecule has 4 heterocycles. The van der Waals surface area contributed by atoms with Gasteiger partial charge >= 0.3 is 0 Å². The van der Waals surface area contributed by atoms with Gasteiger partial charge < -0.3 is 0 Å². The Morgan fingerprint density at radius 1 is 1.38 bits per heavy atom. The van der Waals surface area contributed by atoms with Gasteiger partial charge in [-0.1, -0.05) is 6.07 Å². The zero-order valence-electron chi connectivity index (χ0n) is 9.26. The maximum absolute atomic E-state index is 12.2. The summed E-state index contributed by atoms with van der Waals surface area (Å²) < 4.78 is 0. The van der Waals surface area contributed by atoms with Crippen LogP contribution < -0.4 is 0 Å². The predicted octanol–water partition coefficient (Wildman–Crippen LogP) is 0.859. The average molecular weight is 236 g/mol. The molecule has 3 nitrogen and oxygen atoms in total. The zero-order chi connectivity index (χ0) is 11.0. The highest BCUT2D eigenvalue weighted by atomic mass is 32.1. The van der Waals surface area contributed by atoms with E-state index < -0.39 is 0 Å². The number of carbonyl (C=O) groups excluding carboxylic acids is 1. The van der Waals surface area contributed by atoms with E-state index in [1.807, 2.05) is 11.4 Å². The molecule has 0 spiro atoms. The van der Waals surface area contributed by atoms with E-state index in [4.69, 9.17) is 0 Å². The Hall–Kier alpha value is -0.710. The second-order valence-electron chi connectivity index (χ2n) is 4.57. The second-order valence-corrected chi connectivity index (χ2v) is 5.61. The van der Waals surface area contributed by atoms with Crippen molar-refractivity contribution in [3.8, 4) is 0 Å². The number of thiophene rings is 1. The van der Waals surface area contributed by atoms with Gasteiger partial charge in [-0.25, -0.2) is 0 Å². The van der Waals surface area contributed by atoms with Crippen LogP contribution in [0.1, 0.15) is 4.88 Å². The van der Waals surface area contributed by atoms with Crippen LogP contribution in [0.2, 0.25) is 0 Å². The van der Waals surface area contributed by atoms with Crippen molar-refractivity contribution in [2.45, 2.75) is 12.5 Å². The quantitative estimate of drug-likeness (QED) is 0.777. The van der Waals surface area contributed by atoms with Crippen LogP contribution in [0, 0.1) is 0 Å². The van der Waals surface area contributed by atoms with Gasteiger partial charge in [0.15, 0.2) is 5.78 Å². The maximum Gasteiger partial charge on any atom is 0.156 e. The molecule has 4 rings (SSSR count). The third kappa shape index (κ3) is 1.93. The number of carbonyl (C=O) groups is 1. The molecule has 0 radical (unpaired) electrons. The number of rotatable bonds is 3. The topological polar surface area (TPSA) is 23.6 Å². The van der Waals surface area contributed by atoms with Crippen LogP contribution in [0.15, 0.2) is 17.5 Å². The van der Waals surface area contributed by atoms with E-state index in [1.54, 1.807) is 11.3 Å². The standard InChI is InChI=1S/C12H16N2OS/c15-12(8-10-2-1-7-16-10)11-9-13-3-5-14(11)6-4-13/h1-2,7,11H,3-6,8-9H2. The largest absolute Gasteiger partial charge is 0.299 e. The van der Waals surface area contributed by atoms with Crippen LogP contribution in [0.5, 0.6) is 0 Å². The van der Waals surface area contributed by atoms with Crippen molar-refractivity contribution in [1.29, 1.82) is 0 Å². The summed E-state index contributed by atoms with van der Waals surface area (Å²) in [6.07, 6.45) is 0.618. The lowest BCUT2D eigenvalue weighted by Gasteiger charge is -2.46. The first-order valence-corrected chi connectivity index (χ1v) is 6.72. The first kappa shape index (κ1) is 10.4. The minimum absolute atomic E-state index is 0.157. The van der Waals surface area contributed by atoms with Gasteiger partial charge in [0, 0.05) is 44.0 Å². The Labute approximate surface area is 99.7 Å². The normalized spacial score (nSPS) is 32.9. The van der Waals surface area contributed by atoms with Gasteiger partial charge in [0.25, 0.3) is 0 Å². The molecule has 1 unspecified atom stereocenters. The summed E-state index contributed by atoms with van der Waals surface area (Å²) in [5.74, 6) is 0.395. The average Bonchev–Trinajstić information content (AvgIpc) is 2.83. The molecule has 0 N–H and O–H groups in total. The Kier molecular flexibility index (Phi) is 2.79. The summed E-state index contributed by atoms with van der Waals surface area (Å²) in [6.45, 7) is 5.37. The number of hydrogen-bond acceptors (Lipinski definition) is 4. The highest BCUT2D eigenvalue weighted by molar-refractivity contribution is 7.10. The lowest BCUT2D eigenvalue weighted by molar-refractivity contribution is -0.128. The van der Waals surface area contributed by atoms with Crippen LogP contribution in [0.25, 0.3) is 0 Å². The van der Waals surface area contributed by atoms with Crippen LogP contribution in [-0.2, 0) is 11.2 Å². The van der Waals surface area contributed by atoms with Crippen molar-refractivity contribution in [2.75, 3.05) is 32.7 Å². The fraction of sp³-hybridized carbons (Fsp3) is 0.583. The molecule has 1 aromatic heterocycles. The lowest BCUT2D eigenvalue weighted by Crippen LogP contribution is -2.63. The van der Waals surface area contributed by atoms with E-state index in [-0.39, 0.29) is 6.04 Å². The van der Waals surface area contributed by atoms with Crippen molar-refractivity contribution >= 4 is 17.1 Å². The summed E-state index contributed by atoms with van der Waals surface area (Å²) in [5.41, 5.74) is 0. The lowest BCUT2D eigenvalue weighted by atomic mass is 10.0.